The van der Waals surface area contributed by atoms with Crippen LogP contribution in [0.5, 0.6) is 0 Å². The molecule has 1 unspecified atom stereocenters. The average molecular weight is 270 g/mol. The number of carbonyl (C=O) groups is 1. The molecule has 1 saturated heterocycles. The predicted molar refractivity (Wildman–Crippen MR) is 75.0 cm³/mol. The lowest BCUT2D eigenvalue weighted by atomic mass is 9.93. The molecule has 1 aliphatic heterocycles. The van der Waals surface area contributed by atoms with Crippen molar-refractivity contribution in [1.29, 1.82) is 0 Å². The molecule has 0 aromatic carbocycles. The van der Waals surface area contributed by atoms with E-state index in [1.165, 1.54) is 0 Å². The van der Waals surface area contributed by atoms with Crippen molar-refractivity contribution in [3.8, 4) is 0 Å². The molecule has 1 rings (SSSR count). The maximum absolute atomic E-state index is 12.4. The standard InChI is InChI=1S/C13H26N4O2/c1-4-5-16-6-8-17(9-7-16)13(18)11(10(2)3)12(14)15-19/h10-11,19H,4-9H2,1-3H3,(H2,14,15). The second-order valence-electron chi connectivity index (χ2n) is 5.41. The summed E-state index contributed by atoms with van der Waals surface area (Å²) in [6.45, 7) is 10.3. The van der Waals surface area contributed by atoms with Crippen molar-refractivity contribution >= 4 is 11.7 Å². The van der Waals surface area contributed by atoms with Gasteiger partial charge in [-0.2, -0.15) is 0 Å². The van der Waals surface area contributed by atoms with E-state index in [-0.39, 0.29) is 17.7 Å². The van der Waals surface area contributed by atoms with Crippen LogP contribution in [0.3, 0.4) is 0 Å². The SMILES string of the molecule is CCCN1CCN(C(=O)C(C(N)=NO)C(C)C)CC1. The summed E-state index contributed by atoms with van der Waals surface area (Å²) in [7, 11) is 0. The number of hydrogen-bond acceptors (Lipinski definition) is 4. The molecule has 0 spiro atoms. The third-order valence-corrected chi connectivity index (χ3v) is 3.59. The lowest BCUT2D eigenvalue weighted by molar-refractivity contribution is -0.136. The van der Waals surface area contributed by atoms with Gasteiger partial charge in [-0.25, -0.2) is 0 Å². The zero-order chi connectivity index (χ0) is 14.4. The van der Waals surface area contributed by atoms with Crippen molar-refractivity contribution in [3.63, 3.8) is 0 Å². The molecule has 1 fully saturated rings. The molecule has 6 heteroatoms. The maximum atomic E-state index is 12.4. The van der Waals surface area contributed by atoms with Gasteiger partial charge in [-0.1, -0.05) is 25.9 Å². The highest BCUT2D eigenvalue weighted by molar-refractivity contribution is 6.02. The number of amidine groups is 1. The lowest BCUT2D eigenvalue weighted by Crippen LogP contribution is -2.52. The summed E-state index contributed by atoms with van der Waals surface area (Å²) < 4.78 is 0. The van der Waals surface area contributed by atoms with Crippen LogP contribution in [0.15, 0.2) is 5.16 Å². The van der Waals surface area contributed by atoms with Crippen LogP contribution in [0.4, 0.5) is 0 Å². The Morgan fingerprint density at radius 3 is 2.32 bits per heavy atom. The molecule has 0 bridgehead atoms. The van der Waals surface area contributed by atoms with Crippen molar-refractivity contribution in [3.05, 3.63) is 0 Å². The van der Waals surface area contributed by atoms with E-state index in [9.17, 15) is 4.79 Å². The van der Waals surface area contributed by atoms with Crippen molar-refractivity contribution in [2.24, 2.45) is 22.7 Å². The number of nitrogens with zero attached hydrogens (tertiary/aromatic N) is 3. The summed E-state index contributed by atoms with van der Waals surface area (Å²) >= 11 is 0. The second kappa shape index (κ2) is 7.33. The molecular formula is C13H26N4O2. The van der Waals surface area contributed by atoms with Crippen LogP contribution in [0.1, 0.15) is 27.2 Å². The normalized spacial score (nSPS) is 19.8. The van der Waals surface area contributed by atoms with Gasteiger partial charge in [0.1, 0.15) is 5.92 Å². The number of nitrogens with two attached hydrogens (primary N) is 1. The molecule has 3 N–H and O–H groups in total. The van der Waals surface area contributed by atoms with Gasteiger partial charge in [-0.3, -0.25) is 9.69 Å². The van der Waals surface area contributed by atoms with Gasteiger partial charge in [-0.15, -0.1) is 0 Å². The highest BCUT2D eigenvalue weighted by Crippen LogP contribution is 2.16. The first-order valence-electron chi connectivity index (χ1n) is 6.99. The first kappa shape index (κ1) is 15.8. The zero-order valence-electron chi connectivity index (χ0n) is 12.2. The molecule has 1 aliphatic rings. The largest absolute Gasteiger partial charge is 0.409 e. The minimum Gasteiger partial charge on any atom is -0.409 e. The summed E-state index contributed by atoms with van der Waals surface area (Å²) in [5, 5.41) is 11.8. The third kappa shape index (κ3) is 4.09. The maximum Gasteiger partial charge on any atom is 0.233 e. The quantitative estimate of drug-likeness (QED) is 0.331. The fourth-order valence-corrected chi connectivity index (χ4v) is 2.52. The zero-order valence-corrected chi connectivity index (χ0v) is 12.2. The Hall–Kier alpha value is -1.30. The van der Waals surface area contributed by atoms with Gasteiger partial charge in [0, 0.05) is 26.2 Å². The van der Waals surface area contributed by atoms with Crippen molar-refractivity contribution < 1.29 is 10.0 Å². The Morgan fingerprint density at radius 1 is 1.32 bits per heavy atom. The Labute approximate surface area is 115 Å². The van der Waals surface area contributed by atoms with Crippen molar-refractivity contribution in [1.82, 2.24) is 9.80 Å². The minimum absolute atomic E-state index is 0.0102. The van der Waals surface area contributed by atoms with E-state index in [0.717, 1.165) is 39.1 Å². The first-order valence-corrected chi connectivity index (χ1v) is 6.99. The third-order valence-electron chi connectivity index (χ3n) is 3.59. The van der Waals surface area contributed by atoms with E-state index >= 15 is 0 Å². The molecule has 6 nitrogen and oxygen atoms in total. The average Bonchev–Trinajstić information content (AvgIpc) is 2.39. The molecule has 19 heavy (non-hydrogen) atoms. The topological polar surface area (TPSA) is 82.2 Å². The van der Waals surface area contributed by atoms with Gasteiger partial charge in [-0.05, 0) is 18.9 Å². The lowest BCUT2D eigenvalue weighted by Gasteiger charge is -2.36. The number of carbonyl (C=O) groups excluding carboxylic acids is 1. The Bertz CT molecular complexity index is 323. The summed E-state index contributed by atoms with van der Waals surface area (Å²) in [6.07, 6.45) is 1.13. The second-order valence-corrected chi connectivity index (χ2v) is 5.41. The van der Waals surface area contributed by atoms with Crippen LogP contribution in [-0.2, 0) is 4.79 Å². The van der Waals surface area contributed by atoms with E-state index in [0.29, 0.717) is 0 Å². The number of hydrogen-bond donors (Lipinski definition) is 2. The van der Waals surface area contributed by atoms with Gasteiger partial charge in [0.2, 0.25) is 5.91 Å². The Morgan fingerprint density at radius 2 is 1.89 bits per heavy atom. The van der Waals surface area contributed by atoms with Crippen LogP contribution in [0.2, 0.25) is 0 Å². The van der Waals surface area contributed by atoms with Gasteiger partial charge >= 0.3 is 0 Å². The number of oxime groups is 1. The van der Waals surface area contributed by atoms with E-state index in [1.54, 1.807) is 0 Å². The highest BCUT2D eigenvalue weighted by Gasteiger charge is 2.32. The monoisotopic (exact) mass is 270 g/mol. The number of amides is 1. The van der Waals surface area contributed by atoms with E-state index in [4.69, 9.17) is 10.9 Å². The van der Waals surface area contributed by atoms with Crippen LogP contribution in [-0.4, -0.2) is 59.5 Å². The molecule has 1 amide bonds. The molecule has 0 aromatic heterocycles. The minimum atomic E-state index is -0.525. The number of piperazine rings is 1. The fraction of sp³-hybridized carbons (Fsp3) is 0.846. The summed E-state index contributed by atoms with van der Waals surface area (Å²) in [5.74, 6) is -0.516. The van der Waals surface area contributed by atoms with Crippen LogP contribution >= 0.6 is 0 Å². The molecular weight excluding hydrogens is 244 g/mol. The molecule has 0 aromatic rings. The molecule has 0 aliphatic carbocycles. The Kier molecular flexibility index (Phi) is 6.08. The molecule has 1 atom stereocenters. The summed E-state index contributed by atoms with van der Waals surface area (Å²) in [4.78, 5) is 16.6. The van der Waals surface area contributed by atoms with E-state index < -0.39 is 5.92 Å². The number of rotatable bonds is 5. The van der Waals surface area contributed by atoms with Crippen molar-refractivity contribution in [2.75, 3.05) is 32.7 Å². The van der Waals surface area contributed by atoms with E-state index in [1.807, 2.05) is 18.7 Å². The Balaban J connectivity index is 2.62. The molecule has 110 valence electrons. The van der Waals surface area contributed by atoms with Gasteiger partial charge in [0.15, 0.2) is 5.84 Å². The first-order chi connectivity index (χ1) is 9.01. The predicted octanol–water partition coefficient (Wildman–Crippen LogP) is 0.559. The molecule has 1 heterocycles. The summed E-state index contributed by atoms with van der Waals surface area (Å²) in [6, 6.07) is 0. The fourth-order valence-electron chi connectivity index (χ4n) is 2.52. The van der Waals surface area contributed by atoms with E-state index in [2.05, 4.69) is 17.0 Å². The molecule has 0 radical (unpaired) electrons. The van der Waals surface area contributed by atoms with Crippen LogP contribution in [0, 0.1) is 11.8 Å². The van der Waals surface area contributed by atoms with Crippen molar-refractivity contribution in [2.45, 2.75) is 27.2 Å². The van der Waals surface area contributed by atoms with Gasteiger partial charge in [0.05, 0.1) is 0 Å². The molecule has 0 saturated carbocycles. The highest BCUT2D eigenvalue weighted by atomic mass is 16.4. The van der Waals surface area contributed by atoms with Crippen LogP contribution in [0.25, 0.3) is 0 Å². The summed E-state index contributed by atoms with van der Waals surface area (Å²) in [5.41, 5.74) is 5.64. The van der Waals surface area contributed by atoms with Gasteiger partial charge in [0.25, 0.3) is 0 Å². The van der Waals surface area contributed by atoms with Gasteiger partial charge < -0.3 is 15.8 Å². The van der Waals surface area contributed by atoms with Crippen LogP contribution < -0.4 is 5.73 Å². The smallest absolute Gasteiger partial charge is 0.233 e.